The largest absolute Gasteiger partial charge is 0.319 e. The van der Waals surface area contributed by atoms with E-state index in [1.165, 1.54) is 0 Å². The lowest BCUT2D eigenvalue weighted by molar-refractivity contribution is -0.123. The molecule has 86 valence electrons. The molecule has 2 rings (SSSR count). The van der Waals surface area contributed by atoms with E-state index in [1.807, 2.05) is 13.0 Å². The molecule has 0 amide bonds. The quantitative estimate of drug-likeness (QED) is 0.920. The summed E-state index contributed by atoms with van der Waals surface area (Å²) in [4.78, 5) is 16.1. The smallest absolute Gasteiger partial charge is 0.157 e. The van der Waals surface area contributed by atoms with Crippen LogP contribution in [0.25, 0.3) is 0 Å². The molecule has 0 bridgehead atoms. The first kappa shape index (κ1) is 11.7. The van der Waals surface area contributed by atoms with E-state index < -0.39 is 5.54 Å². The topological polar surface area (TPSA) is 56.0 Å². The molecule has 0 aromatic carbocycles. The highest BCUT2D eigenvalue weighted by Gasteiger charge is 2.43. The average Bonchev–Trinajstić information content (AvgIpc) is 3.00. The van der Waals surface area contributed by atoms with Gasteiger partial charge in [-0.3, -0.25) is 9.78 Å². The Morgan fingerprint density at radius 1 is 1.62 bits per heavy atom. The van der Waals surface area contributed by atoms with Crippen molar-refractivity contribution in [2.24, 2.45) is 11.7 Å². The number of nitrogens with two attached hydrogens (primary N) is 1. The summed E-state index contributed by atoms with van der Waals surface area (Å²) in [5, 5.41) is 0. The van der Waals surface area contributed by atoms with Gasteiger partial charge in [-0.15, -0.1) is 0 Å². The van der Waals surface area contributed by atoms with Crippen LogP contribution < -0.4 is 5.73 Å². The Labute approximate surface area is 104 Å². The minimum atomic E-state index is -0.664. The van der Waals surface area contributed by atoms with Gasteiger partial charge in [0.15, 0.2) is 5.78 Å². The molecule has 1 aromatic rings. The zero-order chi connectivity index (χ0) is 11.8. The second kappa shape index (κ2) is 4.26. The molecule has 16 heavy (non-hydrogen) atoms. The lowest BCUT2D eigenvalue weighted by Crippen LogP contribution is -2.47. The minimum Gasteiger partial charge on any atom is -0.319 e. The molecule has 1 aliphatic carbocycles. The normalized spacial score (nSPS) is 19.2. The Balaban J connectivity index is 2.07. The molecule has 1 atom stereocenters. The minimum absolute atomic E-state index is 0.106. The van der Waals surface area contributed by atoms with Crippen LogP contribution >= 0.6 is 15.9 Å². The predicted octanol–water partition coefficient (Wildman–Crippen LogP) is 2.08. The molecule has 1 aliphatic rings. The monoisotopic (exact) mass is 282 g/mol. The molecule has 0 radical (unpaired) electrons. The van der Waals surface area contributed by atoms with Gasteiger partial charge in [0.1, 0.15) is 0 Å². The Kier molecular flexibility index (Phi) is 3.13. The van der Waals surface area contributed by atoms with Crippen LogP contribution in [-0.4, -0.2) is 16.3 Å². The summed E-state index contributed by atoms with van der Waals surface area (Å²) in [6.45, 7) is 1.85. The van der Waals surface area contributed by atoms with Crippen LogP contribution in [0.3, 0.4) is 0 Å². The molecule has 2 N–H and O–H groups in total. The van der Waals surface area contributed by atoms with Crippen molar-refractivity contribution >= 4 is 21.7 Å². The first-order valence-electron chi connectivity index (χ1n) is 5.42. The molecule has 1 heterocycles. The first-order valence-corrected chi connectivity index (χ1v) is 6.21. The number of hydrogen-bond acceptors (Lipinski definition) is 3. The molecule has 0 spiro atoms. The second-order valence-corrected chi connectivity index (χ2v) is 5.58. The summed E-state index contributed by atoms with van der Waals surface area (Å²) in [5.41, 5.74) is 6.32. The summed E-state index contributed by atoms with van der Waals surface area (Å²) in [7, 11) is 0. The van der Waals surface area contributed by atoms with Gasteiger partial charge in [-0.05, 0) is 53.2 Å². The van der Waals surface area contributed by atoms with Crippen LogP contribution in [0.4, 0.5) is 0 Å². The van der Waals surface area contributed by atoms with E-state index in [0.717, 1.165) is 22.9 Å². The van der Waals surface area contributed by atoms with Crippen molar-refractivity contribution in [3.8, 4) is 0 Å². The van der Waals surface area contributed by atoms with Gasteiger partial charge in [-0.25, -0.2) is 0 Å². The number of rotatable bonds is 4. The van der Waals surface area contributed by atoms with Gasteiger partial charge in [0.05, 0.1) is 5.54 Å². The van der Waals surface area contributed by atoms with Crippen molar-refractivity contribution in [3.05, 3.63) is 28.5 Å². The maximum Gasteiger partial charge on any atom is 0.157 e. The molecular formula is C12H15BrN2O. The lowest BCUT2D eigenvalue weighted by Gasteiger charge is -2.22. The van der Waals surface area contributed by atoms with Gasteiger partial charge in [-0.2, -0.15) is 0 Å². The fourth-order valence-electron chi connectivity index (χ4n) is 1.84. The van der Waals surface area contributed by atoms with Gasteiger partial charge >= 0.3 is 0 Å². The molecule has 1 aromatic heterocycles. The molecular weight excluding hydrogens is 268 g/mol. The highest BCUT2D eigenvalue weighted by atomic mass is 79.9. The fourth-order valence-corrected chi connectivity index (χ4v) is 2.25. The van der Waals surface area contributed by atoms with Crippen LogP contribution in [0, 0.1) is 5.92 Å². The number of Topliss-reactive ketones (excluding diaryl/α,β-unsaturated/α-hetero) is 1. The Morgan fingerprint density at radius 2 is 2.31 bits per heavy atom. The van der Waals surface area contributed by atoms with E-state index in [2.05, 4.69) is 20.9 Å². The number of pyridine rings is 1. The van der Waals surface area contributed by atoms with Gasteiger partial charge in [0, 0.05) is 23.3 Å². The summed E-state index contributed by atoms with van der Waals surface area (Å²) in [6.07, 6.45) is 5.95. The van der Waals surface area contributed by atoms with E-state index in [4.69, 9.17) is 5.73 Å². The third-order valence-electron chi connectivity index (χ3n) is 3.15. The number of hydrogen-bond donors (Lipinski definition) is 1. The molecule has 1 saturated carbocycles. The zero-order valence-corrected chi connectivity index (χ0v) is 10.8. The SMILES string of the molecule is CC(N)(C(=O)Cc1cncc(Br)c1)C1CC1. The van der Waals surface area contributed by atoms with Crippen molar-refractivity contribution in [1.82, 2.24) is 4.98 Å². The highest BCUT2D eigenvalue weighted by Crippen LogP contribution is 2.38. The molecule has 0 saturated heterocycles. The van der Waals surface area contributed by atoms with E-state index in [1.54, 1.807) is 12.4 Å². The van der Waals surface area contributed by atoms with E-state index in [9.17, 15) is 4.79 Å². The van der Waals surface area contributed by atoms with Gasteiger partial charge in [0.25, 0.3) is 0 Å². The number of carbonyl (C=O) groups is 1. The van der Waals surface area contributed by atoms with Gasteiger partial charge in [-0.1, -0.05) is 0 Å². The predicted molar refractivity (Wildman–Crippen MR) is 66.0 cm³/mol. The van der Waals surface area contributed by atoms with Crippen molar-refractivity contribution in [2.45, 2.75) is 31.7 Å². The third kappa shape index (κ3) is 2.50. The molecule has 4 heteroatoms. The first-order chi connectivity index (χ1) is 7.50. The van der Waals surface area contributed by atoms with Gasteiger partial charge in [0.2, 0.25) is 0 Å². The number of halogens is 1. The summed E-state index contributed by atoms with van der Waals surface area (Å²) >= 11 is 3.34. The van der Waals surface area contributed by atoms with E-state index >= 15 is 0 Å². The number of aromatic nitrogens is 1. The van der Waals surface area contributed by atoms with E-state index in [0.29, 0.717) is 12.3 Å². The summed E-state index contributed by atoms with van der Waals surface area (Å²) in [5.74, 6) is 0.481. The van der Waals surface area contributed by atoms with Crippen molar-refractivity contribution in [2.75, 3.05) is 0 Å². The summed E-state index contributed by atoms with van der Waals surface area (Å²) < 4.78 is 0.892. The van der Waals surface area contributed by atoms with Crippen LogP contribution in [0.15, 0.2) is 22.9 Å². The Bertz CT molecular complexity index is 413. The van der Waals surface area contributed by atoms with Crippen LogP contribution in [0.2, 0.25) is 0 Å². The van der Waals surface area contributed by atoms with E-state index in [-0.39, 0.29) is 5.78 Å². The Morgan fingerprint density at radius 3 is 2.88 bits per heavy atom. The third-order valence-corrected chi connectivity index (χ3v) is 3.59. The zero-order valence-electron chi connectivity index (χ0n) is 9.24. The highest BCUT2D eigenvalue weighted by molar-refractivity contribution is 9.10. The lowest BCUT2D eigenvalue weighted by atomic mass is 9.88. The van der Waals surface area contributed by atoms with Gasteiger partial charge < -0.3 is 5.73 Å². The molecule has 0 aliphatic heterocycles. The maximum atomic E-state index is 12.1. The Hall–Kier alpha value is -0.740. The number of ketones is 1. The average molecular weight is 283 g/mol. The second-order valence-electron chi connectivity index (χ2n) is 4.67. The van der Waals surface area contributed by atoms with Crippen molar-refractivity contribution < 1.29 is 4.79 Å². The van der Waals surface area contributed by atoms with Crippen molar-refractivity contribution in [3.63, 3.8) is 0 Å². The number of nitrogens with zero attached hydrogens (tertiary/aromatic N) is 1. The van der Waals surface area contributed by atoms with Crippen molar-refractivity contribution in [1.29, 1.82) is 0 Å². The molecule has 3 nitrogen and oxygen atoms in total. The number of carbonyl (C=O) groups excluding carboxylic acids is 1. The fraction of sp³-hybridized carbons (Fsp3) is 0.500. The standard InChI is InChI=1S/C12H15BrN2O/c1-12(14,9-2-3-9)11(16)5-8-4-10(13)7-15-6-8/h4,6-7,9H,2-3,5,14H2,1H3. The van der Waals surface area contributed by atoms with Crippen LogP contribution in [-0.2, 0) is 11.2 Å². The molecule has 1 fully saturated rings. The van der Waals surface area contributed by atoms with Crippen LogP contribution in [0.1, 0.15) is 25.3 Å². The molecule has 1 unspecified atom stereocenters. The maximum absolute atomic E-state index is 12.1. The summed E-state index contributed by atoms with van der Waals surface area (Å²) in [6, 6.07) is 1.91. The van der Waals surface area contributed by atoms with Crippen LogP contribution in [0.5, 0.6) is 0 Å².